The summed E-state index contributed by atoms with van der Waals surface area (Å²) in [5.74, 6) is -7.19. The van der Waals surface area contributed by atoms with E-state index in [4.69, 9.17) is 0 Å². The lowest BCUT2D eigenvalue weighted by atomic mass is 9.84. The fraction of sp³-hybridized carbons (Fsp3) is 0.840. The highest BCUT2D eigenvalue weighted by Crippen LogP contribution is 2.23. The van der Waals surface area contributed by atoms with Crippen molar-refractivity contribution in [3.63, 3.8) is 0 Å². The van der Waals surface area contributed by atoms with Gasteiger partial charge in [0.25, 0.3) is 0 Å². The van der Waals surface area contributed by atoms with Gasteiger partial charge < -0.3 is 46.2 Å². The highest BCUT2D eigenvalue weighted by Gasteiger charge is 2.33. The summed E-state index contributed by atoms with van der Waals surface area (Å²) in [5, 5.41) is 14.4. The molecule has 0 aromatic heterocycles. The van der Waals surface area contributed by atoms with Crippen molar-refractivity contribution < 1.29 is 38.4 Å². The van der Waals surface area contributed by atoms with E-state index >= 15 is 0 Å². The van der Waals surface area contributed by atoms with Crippen molar-refractivity contribution in [3.8, 4) is 0 Å². The van der Waals surface area contributed by atoms with Crippen molar-refractivity contribution >= 4 is 46.9 Å². The third-order valence-electron chi connectivity index (χ3n) is 11.9. The molecule has 0 radical (unpaired) electrons. The van der Waals surface area contributed by atoms with E-state index in [1.165, 1.54) is 0 Å². The summed E-state index contributed by atoms with van der Waals surface area (Å²) in [6.45, 7) is 14.1. The van der Waals surface area contributed by atoms with Gasteiger partial charge in [-0.2, -0.15) is 0 Å². The van der Waals surface area contributed by atoms with Gasteiger partial charge in [-0.3, -0.25) is 38.4 Å². The Kier molecular flexibility index (Phi) is 36.9. The largest absolute Gasteiger partial charge is 0.356 e. The van der Waals surface area contributed by atoms with Crippen LogP contribution >= 0.6 is 0 Å². The molecule has 4 unspecified atom stereocenters. The minimum atomic E-state index is -1.16. The molecule has 0 heterocycles. The number of carbonyl (C=O) groups excluding carboxylic acids is 8. The van der Waals surface area contributed by atoms with Crippen LogP contribution in [0.5, 0.6) is 0 Å². The van der Waals surface area contributed by atoms with Crippen LogP contribution in [0.15, 0.2) is 0 Å². The zero-order chi connectivity index (χ0) is 50.6. The van der Waals surface area contributed by atoms with Crippen molar-refractivity contribution in [1.82, 2.24) is 46.2 Å². The van der Waals surface area contributed by atoms with Crippen LogP contribution < -0.4 is 26.6 Å². The minimum absolute atomic E-state index is 0.116. The average molecular weight is 950 g/mol. The third kappa shape index (κ3) is 34.2. The molecule has 0 saturated heterocycles. The molecular formula is C50H95N9O8. The first-order valence-electron chi connectivity index (χ1n) is 25.4. The first-order chi connectivity index (χ1) is 31.8. The van der Waals surface area contributed by atoms with Gasteiger partial charge >= 0.3 is 0 Å². The number of likely N-dealkylation sites (N-methyl/N-ethyl adjacent to an activating group) is 4. The second-order valence-corrected chi connectivity index (χ2v) is 19.2. The van der Waals surface area contributed by atoms with Gasteiger partial charge in [0, 0.05) is 129 Å². The first-order valence-corrected chi connectivity index (χ1v) is 25.4. The highest BCUT2D eigenvalue weighted by molar-refractivity contribution is 5.97. The summed E-state index contributed by atoms with van der Waals surface area (Å²) in [5.41, 5.74) is 0. The standard InChI is InChI=1S/C50H95N9O8/c1-11-14-17-19-22-51-46(63)37-40(33-43(60)32-39(4)48(65)53-23-20-18-15-12-2)45(62)36-41(49(66)55-25-27-59(10)31-29-57(7)8)34-44(61)35-42(50(67)54-21-16-13-3)38-47(64)52-24-26-58(9)30-28-56(5)6/h39-42H,11-38H2,1-10H3,(H,51,63)(H,52,64)(H,53,65)(H,54,67)(H,55,66). The molecule has 67 heavy (non-hydrogen) atoms. The molecule has 0 aromatic carbocycles. The predicted octanol–water partition coefficient (Wildman–Crippen LogP) is 3.44. The van der Waals surface area contributed by atoms with Crippen LogP contribution in [0.1, 0.15) is 137 Å². The normalized spacial score (nSPS) is 13.3. The molecule has 0 aliphatic heterocycles. The number of hydrogen-bond acceptors (Lipinski definition) is 12. The van der Waals surface area contributed by atoms with Crippen molar-refractivity contribution in [2.24, 2.45) is 23.7 Å². The number of nitrogens with one attached hydrogen (secondary N) is 5. The van der Waals surface area contributed by atoms with E-state index in [9.17, 15) is 38.4 Å². The van der Waals surface area contributed by atoms with Gasteiger partial charge in [0.1, 0.15) is 17.3 Å². The van der Waals surface area contributed by atoms with Gasteiger partial charge in [0.2, 0.25) is 29.5 Å². The molecule has 388 valence electrons. The molecule has 4 atom stereocenters. The summed E-state index contributed by atoms with van der Waals surface area (Å²) in [7, 11) is 11.8. The van der Waals surface area contributed by atoms with Crippen LogP contribution in [0.2, 0.25) is 0 Å². The zero-order valence-electron chi connectivity index (χ0n) is 43.7. The van der Waals surface area contributed by atoms with Gasteiger partial charge in [0.15, 0.2) is 0 Å². The Balaban J connectivity index is 6.39. The monoisotopic (exact) mass is 950 g/mol. The molecule has 0 rings (SSSR count). The lowest BCUT2D eigenvalue weighted by molar-refractivity contribution is -0.137. The molecule has 0 aromatic rings. The van der Waals surface area contributed by atoms with Gasteiger partial charge in [-0.15, -0.1) is 0 Å². The zero-order valence-corrected chi connectivity index (χ0v) is 43.7. The fourth-order valence-corrected chi connectivity index (χ4v) is 7.36. The molecule has 5 amide bonds. The Bertz CT molecular complexity index is 1450. The lowest BCUT2D eigenvalue weighted by Gasteiger charge is -2.23. The van der Waals surface area contributed by atoms with Crippen molar-refractivity contribution in [2.45, 2.75) is 137 Å². The SMILES string of the molecule is CCCCCCNC(=O)CC(CC(=O)CC(C)C(=O)NCCCCCC)C(=O)CC(CC(=O)CC(CC(=O)NCCN(C)CCN(C)C)C(=O)NCCCC)C(=O)NCCN(C)CCN(C)C. The maximum Gasteiger partial charge on any atom is 0.224 e. The molecule has 17 heteroatoms. The van der Waals surface area contributed by atoms with Crippen LogP contribution in [0.3, 0.4) is 0 Å². The minimum Gasteiger partial charge on any atom is -0.356 e. The second kappa shape index (κ2) is 39.1. The molecular weight excluding hydrogens is 855 g/mol. The van der Waals surface area contributed by atoms with Gasteiger partial charge in [-0.25, -0.2) is 0 Å². The Labute approximate surface area is 405 Å². The van der Waals surface area contributed by atoms with Crippen LogP contribution in [0.4, 0.5) is 0 Å². The molecule has 17 nitrogen and oxygen atoms in total. The predicted molar refractivity (Wildman–Crippen MR) is 267 cm³/mol. The van der Waals surface area contributed by atoms with Crippen molar-refractivity contribution in [2.75, 3.05) is 114 Å². The molecule has 0 saturated carbocycles. The van der Waals surface area contributed by atoms with E-state index in [0.29, 0.717) is 39.3 Å². The molecule has 0 bridgehead atoms. The number of carbonyl (C=O) groups is 8. The van der Waals surface area contributed by atoms with Crippen LogP contribution in [-0.4, -0.2) is 181 Å². The molecule has 0 fully saturated rings. The van der Waals surface area contributed by atoms with Crippen LogP contribution in [0, 0.1) is 23.7 Å². The topological polar surface area (TPSA) is 210 Å². The Hall–Kier alpha value is -3.80. The smallest absolute Gasteiger partial charge is 0.224 e. The summed E-state index contributed by atoms with van der Waals surface area (Å²) in [6, 6.07) is 0. The van der Waals surface area contributed by atoms with E-state index in [2.05, 4.69) is 60.0 Å². The average Bonchev–Trinajstić information content (AvgIpc) is 3.26. The van der Waals surface area contributed by atoms with Gasteiger partial charge in [0.05, 0.1) is 11.8 Å². The summed E-state index contributed by atoms with van der Waals surface area (Å²) in [4.78, 5) is 117. The summed E-state index contributed by atoms with van der Waals surface area (Å²) < 4.78 is 0. The number of hydrogen-bond donors (Lipinski definition) is 5. The lowest BCUT2D eigenvalue weighted by Crippen LogP contribution is -2.41. The van der Waals surface area contributed by atoms with Gasteiger partial charge in [-0.05, 0) is 61.5 Å². The summed E-state index contributed by atoms with van der Waals surface area (Å²) >= 11 is 0. The van der Waals surface area contributed by atoms with E-state index in [1.54, 1.807) is 6.92 Å². The number of Topliss-reactive ketones (excluding diaryl/α,β-unsaturated/α-hetero) is 3. The maximum atomic E-state index is 14.3. The van der Waals surface area contributed by atoms with E-state index in [1.807, 2.05) is 49.2 Å². The first kappa shape index (κ1) is 63.2. The second-order valence-electron chi connectivity index (χ2n) is 19.2. The Morgan fingerprint density at radius 2 is 0.761 bits per heavy atom. The molecule has 5 N–H and O–H groups in total. The van der Waals surface area contributed by atoms with E-state index < -0.39 is 59.4 Å². The fourth-order valence-electron chi connectivity index (χ4n) is 7.36. The van der Waals surface area contributed by atoms with E-state index in [0.717, 1.165) is 90.4 Å². The van der Waals surface area contributed by atoms with Crippen LogP contribution in [0.25, 0.3) is 0 Å². The number of nitrogens with zero attached hydrogens (tertiary/aromatic N) is 4. The quantitative estimate of drug-likeness (QED) is 0.0558. The third-order valence-corrected chi connectivity index (χ3v) is 11.9. The highest BCUT2D eigenvalue weighted by atomic mass is 16.2. The number of unbranched alkanes of at least 4 members (excludes halogenated alkanes) is 7. The summed E-state index contributed by atoms with van der Waals surface area (Å²) in [6.07, 6.45) is 7.25. The molecule has 0 aliphatic rings. The Morgan fingerprint density at radius 1 is 0.373 bits per heavy atom. The number of amides is 5. The van der Waals surface area contributed by atoms with Crippen LogP contribution in [-0.2, 0) is 38.4 Å². The number of ketones is 3. The Morgan fingerprint density at radius 3 is 1.27 bits per heavy atom. The molecule has 0 aliphatic carbocycles. The van der Waals surface area contributed by atoms with E-state index in [-0.39, 0.29) is 62.7 Å². The maximum absolute atomic E-state index is 14.3. The molecule has 0 spiro atoms. The van der Waals surface area contributed by atoms with Crippen molar-refractivity contribution in [1.29, 1.82) is 0 Å². The van der Waals surface area contributed by atoms with Crippen molar-refractivity contribution in [3.05, 3.63) is 0 Å². The van der Waals surface area contributed by atoms with Gasteiger partial charge in [-0.1, -0.05) is 72.6 Å². The number of rotatable bonds is 43.